The summed E-state index contributed by atoms with van der Waals surface area (Å²) in [5.74, 6) is 1.35. The van der Waals surface area contributed by atoms with Crippen molar-refractivity contribution in [2.45, 2.75) is 40.2 Å². The molecule has 0 saturated heterocycles. The summed E-state index contributed by atoms with van der Waals surface area (Å²) < 4.78 is 1.65. The summed E-state index contributed by atoms with van der Waals surface area (Å²) in [6.07, 6.45) is 3.36. The van der Waals surface area contributed by atoms with Crippen LogP contribution in [-0.2, 0) is 13.0 Å². The van der Waals surface area contributed by atoms with Gasteiger partial charge in [-0.15, -0.1) is 0 Å². The van der Waals surface area contributed by atoms with E-state index in [4.69, 9.17) is 0 Å². The Morgan fingerprint density at radius 3 is 2.87 bits per heavy atom. The summed E-state index contributed by atoms with van der Waals surface area (Å²) in [7, 11) is 0. The number of aryl methyl sites for hydroxylation is 3. The molecule has 23 heavy (non-hydrogen) atoms. The molecule has 7 heteroatoms. The predicted molar refractivity (Wildman–Crippen MR) is 88.6 cm³/mol. The molecule has 0 radical (unpaired) electrons. The van der Waals surface area contributed by atoms with Crippen LogP contribution in [0.25, 0.3) is 5.78 Å². The van der Waals surface area contributed by atoms with Gasteiger partial charge in [0.05, 0.1) is 0 Å². The average Bonchev–Trinajstić information content (AvgIpc) is 2.94. The lowest BCUT2D eigenvalue weighted by atomic mass is 10.1. The molecular weight excluding hydrogens is 292 g/mol. The topological polar surface area (TPSA) is 88.0 Å². The fraction of sp³-hybridized carbons (Fsp3) is 0.375. The molecule has 0 aliphatic heterocycles. The number of pyridine rings is 1. The molecular formula is C16H20N6O. The molecule has 0 amide bonds. The summed E-state index contributed by atoms with van der Waals surface area (Å²) in [4.78, 5) is 23.6. The van der Waals surface area contributed by atoms with E-state index in [0.717, 1.165) is 41.2 Å². The number of rotatable bonds is 5. The molecule has 3 aromatic heterocycles. The molecule has 3 aromatic rings. The number of nitrogens with one attached hydrogen (secondary N) is 2. The molecule has 0 bridgehead atoms. The number of hydrogen-bond acceptors (Lipinski definition) is 5. The van der Waals surface area contributed by atoms with Crippen molar-refractivity contribution in [2.75, 3.05) is 5.32 Å². The minimum absolute atomic E-state index is 0.0623. The fourth-order valence-corrected chi connectivity index (χ4v) is 2.65. The van der Waals surface area contributed by atoms with Crippen LogP contribution in [0.4, 0.5) is 5.82 Å². The monoisotopic (exact) mass is 312 g/mol. The summed E-state index contributed by atoms with van der Waals surface area (Å²) in [5.41, 5.74) is 3.45. The van der Waals surface area contributed by atoms with Gasteiger partial charge < -0.3 is 10.3 Å². The second-order valence-corrected chi connectivity index (χ2v) is 5.65. The van der Waals surface area contributed by atoms with Crippen LogP contribution in [0, 0.1) is 13.8 Å². The zero-order valence-corrected chi connectivity index (χ0v) is 13.6. The van der Waals surface area contributed by atoms with Crippen molar-refractivity contribution in [3.05, 3.63) is 51.3 Å². The van der Waals surface area contributed by atoms with E-state index in [9.17, 15) is 4.79 Å². The van der Waals surface area contributed by atoms with Gasteiger partial charge in [0, 0.05) is 29.6 Å². The molecule has 0 saturated carbocycles. The molecule has 7 nitrogen and oxygen atoms in total. The number of aromatic nitrogens is 5. The number of fused-ring (bicyclic) bond motifs is 1. The van der Waals surface area contributed by atoms with Crippen LogP contribution in [0.15, 0.2) is 23.3 Å². The number of H-pyrrole nitrogens is 1. The van der Waals surface area contributed by atoms with Gasteiger partial charge in [0.15, 0.2) is 0 Å². The molecule has 0 atom stereocenters. The first-order chi connectivity index (χ1) is 11.1. The molecule has 3 rings (SSSR count). The maximum absolute atomic E-state index is 12.1. The van der Waals surface area contributed by atoms with E-state index in [-0.39, 0.29) is 5.56 Å². The quantitative estimate of drug-likeness (QED) is 0.752. The Morgan fingerprint density at radius 1 is 1.30 bits per heavy atom. The minimum Gasteiger partial charge on any atom is -0.366 e. The van der Waals surface area contributed by atoms with E-state index >= 15 is 0 Å². The van der Waals surface area contributed by atoms with E-state index in [2.05, 4.69) is 32.3 Å². The first kappa shape index (κ1) is 15.2. The van der Waals surface area contributed by atoms with Crippen molar-refractivity contribution in [1.82, 2.24) is 24.6 Å². The molecule has 0 aromatic carbocycles. The number of hydrogen-bond donors (Lipinski definition) is 2. The lowest BCUT2D eigenvalue weighted by Gasteiger charge is -2.11. The van der Waals surface area contributed by atoms with Gasteiger partial charge in [-0.05, 0) is 31.9 Å². The van der Waals surface area contributed by atoms with Crippen LogP contribution < -0.4 is 10.9 Å². The first-order valence-electron chi connectivity index (χ1n) is 7.71. The van der Waals surface area contributed by atoms with Gasteiger partial charge in [0.1, 0.15) is 12.1 Å². The maximum Gasteiger partial charge on any atom is 0.254 e. The van der Waals surface area contributed by atoms with Gasteiger partial charge >= 0.3 is 0 Å². The number of anilines is 1. The van der Waals surface area contributed by atoms with Crippen molar-refractivity contribution in [3.8, 4) is 0 Å². The lowest BCUT2D eigenvalue weighted by Crippen LogP contribution is -2.19. The van der Waals surface area contributed by atoms with E-state index in [0.29, 0.717) is 12.3 Å². The van der Waals surface area contributed by atoms with Crippen LogP contribution in [-0.4, -0.2) is 24.6 Å². The summed E-state index contributed by atoms with van der Waals surface area (Å²) >= 11 is 0. The third-order valence-electron chi connectivity index (χ3n) is 3.75. The summed E-state index contributed by atoms with van der Waals surface area (Å²) in [6, 6.07) is 3.93. The molecule has 0 fully saturated rings. The Bertz CT molecular complexity index is 895. The smallest absolute Gasteiger partial charge is 0.254 e. The number of nitrogens with zero attached hydrogens (tertiary/aromatic N) is 4. The summed E-state index contributed by atoms with van der Waals surface area (Å²) in [6.45, 7) is 6.35. The zero-order chi connectivity index (χ0) is 16.4. The van der Waals surface area contributed by atoms with Gasteiger partial charge in [-0.3, -0.25) is 4.79 Å². The second kappa shape index (κ2) is 6.20. The SMILES string of the molecule is CCCc1cc(NCc2c(C)cc(C)[nH]c2=O)n2ncnc2n1. The third-order valence-corrected chi connectivity index (χ3v) is 3.75. The van der Waals surface area contributed by atoms with Gasteiger partial charge in [0.2, 0.25) is 0 Å². The Balaban J connectivity index is 1.93. The first-order valence-corrected chi connectivity index (χ1v) is 7.71. The summed E-state index contributed by atoms with van der Waals surface area (Å²) in [5, 5.41) is 7.48. The van der Waals surface area contributed by atoms with E-state index in [1.165, 1.54) is 6.33 Å². The highest BCUT2D eigenvalue weighted by Crippen LogP contribution is 2.14. The van der Waals surface area contributed by atoms with Crippen molar-refractivity contribution >= 4 is 11.6 Å². The molecule has 2 N–H and O–H groups in total. The van der Waals surface area contributed by atoms with Crippen molar-refractivity contribution in [2.24, 2.45) is 0 Å². The number of aromatic amines is 1. The van der Waals surface area contributed by atoms with Crippen LogP contribution in [0.2, 0.25) is 0 Å². The Labute approximate surface area is 133 Å². The molecule has 0 spiro atoms. The second-order valence-electron chi connectivity index (χ2n) is 5.65. The Morgan fingerprint density at radius 2 is 2.13 bits per heavy atom. The van der Waals surface area contributed by atoms with Crippen LogP contribution >= 0.6 is 0 Å². The molecule has 3 heterocycles. The normalized spacial score (nSPS) is 11.1. The zero-order valence-electron chi connectivity index (χ0n) is 13.6. The molecule has 0 aliphatic carbocycles. The van der Waals surface area contributed by atoms with Crippen molar-refractivity contribution in [3.63, 3.8) is 0 Å². The largest absolute Gasteiger partial charge is 0.366 e. The fourth-order valence-electron chi connectivity index (χ4n) is 2.65. The molecule has 0 aliphatic rings. The highest BCUT2D eigenvalue weighted by atomic mass is 16.1. The van der Waals surface area contributed by atoms with Crippen LogP contribution in [0.1, 0.15) is 35.9 Å². The standard InChI is InChI=1S/C16H20N6O/c1-4-5-12-7-14(22-16(21-12)18-9-19-22)17-8-13-10(2)6-11(3)20-15(13)23/h6-7,9,17H,4-5,8H2,1-3H3,(H,20,23). The van der Waals surface area contributed by atoms with Gasteiger partial charge in [-0.25, -0.2) is 4.98 Å². The van der Waals surface area contributed by atoms with Crippen molar-refractivity contribution in [1.29, 1.82) is 0 Å². The minimum atomic E-state index is -0.0623. The van der Waals surface area contributed by atoms with E-state index in [1.54, 1.807) is 4.52 Å². The van der Waals surface area contributed by atoms with Gasteiger partial charge in [0.25, 0.3) is 11.3 Å². The van der Waals surface area contributed by atoms with E-state index in [1.807, 2.05) is 26.0 Å². The Kier molecular flexibility index (Phi) is 4.10. The average molecular weight is 312 g/mol. The highest BCUT2D eigenvalue weighted by Gasteiger charge is 2.09. The highest BCUT2D eigenvalue weighted by molar-refractivity contribution is 5.45. The van der Waals surface area contributed by atoms with Crippen LogP contribution in [0.5, 0.6) is 0 Å². The predicted octanol–water partition coefficient (Wildman–Crippen LogP) is 1.99. The molecule has 120 valence electrons. The van der Waals surface area contributed by atoms with Gasteiger partial charge in [-0.2, -0.15) is 14.6 Å². The van der Waals surface area contributed by atoms with Crippen LogP contribution in [0.3, 0.4) is 0 Å². The third kappa shape index (κ3) is 3.08. The van der Waals surface area contributed by atoms with Gasteiger partial charge in [-0.1, -0.05) is 13.3 Å². The maximum atomic E-state index is 12.1. The Hall–Kier alpha value is -2.70. The molecule has 0 unspecified atom stereocenters. The van der Waals surface area contributed by atoms with E-state index < -0.39 is 0 Å². The van der Waals surface area contributed by atoms with Crippen molar-refractivity contribution < 1.29 is 0 Å². The lowest BCUT2D eigenvalue weighted by molar-refractivity contribution is 0.852.